The van der Waals surface area contributed by atoms with Gasteiger partial charge in [-0.25, -0.2) is 0 Å². The monoisotopic (exact) mass is 540 g/mol. The second kappa shape index (κ2) is 14.3. The van der Waals surface area contributed by atoms with Crippen LogP contribution >= 0.6 is 0 Å². The Morgan fingerprint density at radius 2 is 0.878 bits per heavy atom. The van der Waals surface area contributed by atoms with Gasteiger partial charge in [0.25, 0.3) is 0 Å². The highest BCUT2D eigenvalue weighted by Crippen LogP contribution is 2.34. The van der Waals surface area contributed by atoms with Gasteiger partial charge in [0, 0.05) is 6.54 Å². The van der Waals surface area contributed by atoms with Crippen LogP contribution in [0.25, 0.3) is 11.1 Å². The molecule has 0 fully saturated rings. The Kier molecular flexibility index (Phi) is 10.0. The first-order valence-electron chi connectivity index (χ1n) is 15.2. The first-order chi connectivity index (χ1) is 20.2. The minimum Gasteiger partial charge on any atom is -0.319 e. The van der Waals surface area contributed by atoms with E-state index in [2.05, 4.69) is 134 Å². The highest BCUT2D eigenvalue weighted by Gasteiger charge is 2.18. The molecule has 0 unspecified atom stereocenters. The van der Waals surface area contributed by atoms with Gasteiger partial charge in [-0.3, -0.25) is 0 Å². The van der Waals surface area contributed by atoms with E-state index in [0.29, 0.717) is 0 Å². The molecular weight excluding hydrogens is 496 g/mol. The summed E-state index contributed by atoms with van der Waals surface area (Å²) in [6, 6.07) is 35.4. The van der Waals surface area contributed by atoms with Crippen molar-refractivity contribution in [3.05, 3.63) is 154 Å². The number of nitrogens with one attached hydrogen (secondary N) is 1. The normalized spacial score (nSPS) is 13.5. The zero-order valence-electron chi connectivity index (χ0n) is 25.0. The molecule has 2 aliphatic rings. The van der Waals surface area contributed by atoms with Crippen LogP contribution in [0.5, 0.6) is 0 Å². The van der Waals surface area contributed by atoms with Crippen molar-refractivity contribution in [1.29, 1.82) is 0 Å². The summed E-state index contributed by atoms with van der Waals surface area (Å²) in [5.41, 5.74) is 14.4. The van der Waals surface area contributed by atoms with Gasteiger partial charge < -0.3 is 10.2 Å². The molecule has 0 aromatic heterocycles. The van der Waals surface area contributed by atoms with E-state index in [-0.39, 0.29) is 0 Å². The summed E-state index contributed by atoms with van der Waals surface area (Å²) in [6.07, 6.45) is 11.5. The zero-order chi connectivity index (χ0) is 28.4. The lowest BCUT2D eigenvalue weighted by Crippen LogP contribution is -2.12. The molecule has 0 atom stereocenters. The van der Waals surface area contributed by atoms with Crippen molar-refractivity contribution >= 4 is 11.1 Å². The van der Waals surface area contributed by atoms with Gasteiger partial charge in [0.2, 0.25) is 0 Å². The molecule has 0 amide bonds. The Labute approximate surface area is 247 Å². The molecule has 6 rings (SSSR count). The van der Waals surface area contributed by atoms with E-state index in [1.165, 1.54) is 55.7 Å². The summed E-state index contributed by atoms with van der Waals surface area (Å²) in [7, 11) is 6.27. The van der Waals surface area contributed by atoms with Gasteiger partial charge in [0.05, 0.1) is 0 Å². The van der Waals surface area contributed by atoms with Crippen LogP contribution in [0.2, 0.25) is 0 Å². The molecule has 210 valence electrons. The lowest BCUT2D eigenvalue weighted by Gasteiger charge is -2.13. The third kappa shape index (κ3) is 7.14. The number of hydrogen-bond acceptors (Lipinski definition) is 2. The molecule has 0 heterocycles. The second-order valence-corrected chi connectivity index (χ2v) is 11.3. The Morgan fingerprint density at radius 1 is 0.537 bits per heavy atom. The highest BCUT2D eigenvalue weighted by atomic mass is 15.0. The van der Waals surface area contributed by atoms with Crippen molar-refractivity contribution in [2.45, 2.75) is 38.5 Å². The molecule has 1 N–H and O–H groups in total. The molecule has 2 heteroatoms. The zero-order valence-corrected chi connectivity index (χ0v) is 25.0. The van der Waals surface area contributed by atoms with Crippen LogP contribution in [0, 0.1) is 0 Å². The fraction of sp³-hybridized carbons (Fsp3) is 0.282. The molecule has 4 aromatic carbocycles. The van der Waals surface area contributed by atoms with Crippen molar-refractivity contribution in [2.24, 2.45) is 0 Å². The molecule has 0 spiro atoms. The molecule has 41 heavy (non-hydrogen) atoms. The fourth-order valence-electron chi connectivity index (χ4n) is 6.10. The Morgan fingerprint density at radius 3 is 1.22 bits per heavy atom. The van der Waals surface area contributed by atoms with E-state index in [1.807, 2.05) is 7.05 Å². The quantitative estimate of drug-likeness (QED) is 0.249. The summed E-state index contributed by atoms with van der Waals surface area (Å²) in [5, 5.41) is 3.23. The molecule has 0 saturated carbocycles. The second-order valence-electron chi connectivity index (χ2n) is 11.3. The van der Waals surface area contributed by atoms with Crippen LogP contribution in [-0.4, -0.2) is 39.1 Å². The maximum absolute atomic E-state index is 3.23. The average molecular weight is 541 g/mol. The first-order valence-corrected chi connectivity index (χ1v) is 15.2. The van der Waals surface area contributed by atoms with E-state index in [9.17, 15) is 0 Å². The number of nitrogens with zero attached hydrogens (tertiary/aromatic N) is 1. The topological polar surface area (TPSA) is 15.3 Å². The SMILES string of the molecule is CN(C)CCC=C1c2ccccc2CCc2ccccc21.CNCCC=C1c2ccccc2CCc2ccccc21. The van der Waals surface area contributed by atoms with Crippen molar-refractivity contribution < 1.29 is 0 Å². The van der Waals surface area contributed by atoms with Crippen molar-refractivity contribution in [1.82, 2.24) is 10.2 Å². The summed E-state index contributed by atoms with van der Waals surface area (Å²) < 4.78 is 0. The Balaban J connectivity index is 0.000000165. The highest BCUT2D eigenvalue weighted by molar-refractivity contribution is 5.84. The minimum absolute atomic E-state index is 1.02. The molecular formula is C39H44N2. The largest absolute Gasteiger partial charge is 0.319 e. The van der Waals surface area contributed by atoms with Crippen molar-refractivity contribution in [3.8, 4) is 0 Å². The summed E-state index contributed by atoms with van der Waals surface area (Å²) in [5.74, 6) is 0. The predicted molar refractivity (Wildman–Crippen MR) is 176 cm³/mol. The molecule has 0 radical (unpaired) electrons. The van der Waals surface area contributed by atoms with Crippen LogP contribution in [-0.2, 0) is 25.7 Å². The summed E-state index contributed by atoms with van der Waals surface area (Å²) in [4.78, 5) is 2.24. The van der Waals surface area contributed by atoms with Crippen LogP contribution in [0.3, 0.4) is 0 Å². The maximum Gasteiger partial charge on any atom is 0.00101 e. The number of rotatable bonds is 6. The van der Waals surface area contributed by atoms with Crippen LogP contribution in [0.1, 0.15) is 57.3 Å². The first kappa shape index (κ1) is 28.8. The van der Waals surface area contributed by atoms with Crippen LogP contribution < -0.4 is 5.32 Å². The molecule has 4 aromatic rings. The van der Waals surface area contributed by atoms with Gasteiger partial charge in [-0.05, 0) is 122 Å². The Bertz CT molecular complexity index is 1410. The maximum atomic E-state index is 3.23. The molecule has 0 aliphatic heterocycles. The lowest BCUT2D eigenvalue weighted by molar-refractivity contribution is 0.417. The van der Waals surface area contributed by atoms with E-state index in [4.69, 9.17) is 0 Å². The predicted octanol–water partition coefficient (Wildman–Crippen LogP) is 8.00. The fourth-order valence-corrected chi connectivity index (χ4v) is 6.10. The van der Waals surface area contributed by atoms with Gasteiger partial charge in [-0.1, -0.05) is 109 Å². The van der Waals surface area contributed by atoms with E-state index < -0.39 is 0 Å². The number of benzene rings is 4. The molecule has 0 saturated heterocycles. The van der Waals surface area contributed by atoms with E-state index >= 15 is 0 Å². The van der Waals surface area contributed by atoms with Crippen LogP contribution in [0.15, 0.2) is 109 Å². The summed E-state index contributed by atoms with van der Waals surface area (Å²) >= 11 is 0. The van der Waals surface area contributed by atoms with Gasteiger partial charge in [0.1, 0.15) is 0 Å². The molecule has 0 bridgehead atoms. The standard InChI is InChI=1S/C20H23N.C19H21N/c1-21(2)15-7-12-20-18-10-5-3-8-16(18)13-14-17-9-4-6-11-19(17)20;1-20-14-6-11-19-17-9-4-2-7-15(17)12-13-16-8-3-5-10-18(16)19/h3-6,8-12H,7,13-15H2,1-2H3;2-5,7-11,20H,6,12-14H2,1H3. The van der Waals surface area contributed by atoms with Crippen LogP contribution in [0.4, 0.5) is 0 Å². The summed E-state index contributed by atoms with van der Waals surface area (Å²) in [6.45, 7) is 2.11. The van der Waals surface area contributed by atoms with Gasteiger partial charge in [-0.15, -0.1) is 0 Å². The van der Waals surface area contributed by atoms with Gasteiger partial charge in [0.15, 0.2) is 0 Å². The Hall–Kier alpha value is -3.72. The number of hydrogen-bond donors (Lipinski definition) is 1. The average Bonchev–Trinajstić information content (AvgIpc) is 3.26. The van der Waals surface area contributed by atoms with E-state index in [1.54, 1.807) is 0 Å². The van der Waals surface area contributed by atoms with Gasteiger partial charge >= 0.3 is 0 Å². The lowest BCUT2D eigenvalue weighted by atomic mass is 9.93. The third-order valence-electron chi connectivity index (χ3n) is 8.23. The molecule has 2 nitrogen and oxygen atoms in total. The molecule has 2 aliphatic carbocycles. The number of aryl methyl sites for hydroxylation is 4. The van der Waals surface area contributed by atoms with Gasteiger partial charge in [-0.2, -0.15) is 0 Å². The van der Waals surface area contributed by atoms with E-state index in [0.717, 1.165) is 51.6 Å². The third-order valence-corrected chi connectivity index (χ3v) is 8.23. The van der Waals surface area contributed by atoms with Crippen molar-refractivity contribution in [3.63, 3.8) is 0 Å². The smallest absolute Gasteiger partial charge is 0.00101 e. The minimum atomic E-state index is 1.02. The van der Waals surface area contributed by atoms with Crippen molar-refractivity contribution in [2.75, 3.05) is 34.2 Å². The number of fused-ring (bicyclic) bond motifs is 4.